The lowest BCUT2D eigenvalue weighted by atomic mass is 9.91. The first kappa shape index (κ1) is 15.4. The number of nitrogens with one attached hydrogen (secondary N) is 1. The standard InChI is InChI=1S/C17H21N5O/c1-9-7-10(2)19-16(18-9)22-15-14(11(3)21-22)12(23)8-13(20-15)17(4,5)6/h7-8H,1-6H3,(H,20,23). The normalized spacial score (nSPS) is 12.1. The summed E-state index contributed by atoms with van der Waals surface area (Å²) >= 11 is 0. The van der Waals surface area contributed by atoms with Crippen LogP contribution in [0.25, 0.3) is 17.0 Å². The Balaban J connectivity index is 2.38. The first-order valence-electron chi connectivity index (χ1n) is 7.62. The zero-order valence-electron chi connectivity index (χ0n) is 14.4. The number of H-pyrrole nitrogens is 1. The molecule has 23 heavy (non-hydrogen) atoms. The van der Waals surface area contributed by atoms with Gasteiger partial charge < -0.3 is 4.98 Å². The van der Waals surface area contributed by atoms with E-state index in [1.54, 1.807) is 10.7 Å². The van der Waals surface area contributed by atoms with E-state index in [0.717, 1.165) is 17.1 Å². The summed E-state index contributed by atoms with van der Waals surface area (Å²) in [4.78, 5) is 24.8. The second-order valence-electron chi connectivity index (χ2n) is 6.97. The largest absolute Gasteiger partial charge is 0.342 e. The minimum absolute atomic E-state index is 0.0307. The SMILES string of the molecule is Cc1cc(C)nc(-n2nc(C)c3c(=O)cc(C(C)(C)C)[nH]c32)n1. The van der Waals surface area contributed by atoms with Gasteiger partial charge in [0.05, 0.1) is 11.1 Å². The fourth-order valence-corrected chi connectivity index (χ4v) is 2.66. The topological polar surface area (TPSA) is 76.5 Å². The van der Waals surface area contributed by atoms with Crippen molar-refractivity contribution in [3.63, 3.8) is 0 Å². The monoisotopic (exact) mass is 311 g/mol. The third-order valence-electron chi connectivity index (χ3n) is 3.80. The van der Waals surface area contributed by atoms with Crippen molar-refractivity contribution in [2.24, 2.45) is 0 Å². The van der Waals surface area contributed by atoms with E-state index in [4.69, 9.17) is 0 Å². The number of hydrogen-bond acceptors (Lipinski definition) is 4. The lowest BCUT2D eigenvalue weighted by Gasteiger charge is -2.18. The summed E-state index contributed by atoms with van der Waals surface area (Å²) < 4.78 is 1.63. The van der Waals surface area contributed by atoms with E-state index in [-0.39, 0.29) is 10.8 Å². The number of hydrogen-bond donors (Lipinski definition) is 1. The van der Waals surface area contributed by atoms with Gasteiger partial charge in [-0.3, -0.25) is 4.79 Å². The molecule has 0 atom stereocenters. The molecule has 0 unspecified atom stereocenters. The number of aryl methyl sites for hydroxylation is 3. The van der Waals surface area contributed by atoms with Crippen molar-refractivity contribution in [1.82, 2.24) is 24.7 Å². The van der Waals surface area contributed by atoms with Gasteiger partial charge in [0.25, 0.3) is 5.95 Å². The molecule has 0 aliphatic carbocycles. The van der Waals surface area contributed by atoms with Crippen LogP contribution in [0.1, 0.15) is 43.5 Å². The van der Waals surface area contributed by atoms with Gasteiger partial charge in [-0.2, -0.15) is 9.78 Å². The molecule has 0 aliphatic heterocycles. The molecule has 0 fully saturated rings. The lowest BCUT2D eigenvalue weighted by Crippen LogP contribution is -2.18. The number of aromatic nitrogens is 5. The molecule has 120 valence electrons. The molecule has 0 saturated carbocycles. The van der Waals surface area contributed by atoms with Gasteiger partial charge in [0.15, 0.2) is 5.43 Å². The van der Waals surface area contributed by atoms with Crippen molar-refractivity contribution in [3.05, 3.63) is 45.1 Å². The Labute approximate surface area is 134 Å². The third-order valence-corrected chi connectivity index (χ3v) is 3.80. The van der Waals surface area contributed by atoms with Crippen molar-refractivity contribution >= 4 is 11.0 Å². The van der Waals surface area contributed by atoms with Gasteiger partial charge in [0, 0.05) is 28.6 Å². The summed E-state index contributed by atoms with van der Waals surface area (Å²) in [5.41, 5.74) is 3.71. The summed E-state index contributed by atoms with van der Waals surface area (Å²) in [6, 6.07) is 3.56. The summed E-state index contributed by atoms with van der Waals surface area (Å²) in [7, 11) is 0. The van der Waals surface area contributed by atoms with Crippen molar-refractivity contribution < 1.29 is 0 Å². The van der Waals surface area contributed by atoms with Gasteiger partial charge in [0.1, 0.15) is 5.65 Å². The van der Waals surface area contributed by atoms with Crippen LogP contribution in [0.2, 0.25) is 0 Å². The highest BCUT2D eigenvalue weighted by Gasteiger charge is 2.20. The zero-order valence-corrected chi connectivity index (χ0v) is 14.4. The molecule has 0 spiro atoms. The van der Waals surface area contributed by atoms with Crippen LogP contribution in [0, 0.1) is 20.8 Å². The second-order valence-corrected chi connectivity index (χ2v) is 6.97. The number of nitrogens with zero attached hydrogens (tertiary/aromatic N) is 4. The van der Waals surface area contributed by atoms with Crippen LogP contribution < -0.4 is 5.43 Å². The molecular weight excluding hydrogens is 290 g/mol. The molecule has 0 bridgehead atoms. The highest BCUT2D eigenvalue weighted by molar-refractivity contribution is 5.79. The molecule has 3 heterocycles. The number of aromatic amines is 1. The van der Waals surface area contributed by atoms with Crippen molar-refractivity contribution in [1.29, 1.82) is 0 Å². The molecular formula is C17H21N5O. The zero-order chi connectivity index (χ0) is 16.9. The summed E-state index contributed by atoms with van der Waals surface area (Å²) in [5.74, 6) is 0.474. The highest BCUT2D eigenvalue weighted by atomic mass is 16.1. The Hall–Kier alpha value is -2.50. The van der Waals surface area contributed by atoms with E-state index >= 15 is 0 Å². The van der Waals surface area contributed by atoms with Gasteiger partial charge in [-0.25, -0.2) is 9.97 Å². The molecule has 1 N–H and O–H groups in total. The van der Waals surface area contributed by atoms with Crippen LogP contribution in [0.15, 0.2) is 16.9 Å². The maximum absolute atomic E-state index is 12.5. The fourth-order valence-electron chi connectivity index (χ4n) is 2.66. The molecule has 3 aromatic rings. The summed E-state index contributed by atoms with van der Waals surface area (Å²) in [5, 5.41) is 5.07. The Morgan fingerprint density at radius 3 is 2.22 bits per heavy atom. The van der Waals surface area contributed by atoms with E-state index in [1.807, 2.05) is 26.8 Å². The van der Waals surface area contributed by atoms with Crippen molar-refractivity contribution in [2.45, 2.75) is 47.0 Å². The van der Waals surface area contributed by atoms with E-state index in [0.29, 0.717) is 22.7 Å². The Kier molecular flexibility index (Phi) is 3.35. The lowest BCUT2D eigenvalue weighted by molar-refractivity contribution is 0.569. The van der Waals surface area contributed by atoms with Crippen molar-refractivity contribution in [3.8, 4) is 5.95 Å². The number of fused-ring (bicyclic) bond motifs is 1. The van der Waals surface area contributed by atoms with Crippen LogP contribution in [0.3, 0.4) is 0 Å². The van der Waals surface area contributed by atoms with E-state index in [1.165, 1.54) is 0 Å². The average molecular weight is 311 g/mol. The fraction of sp³-hybridized carbons (Fsp3) is 0.412. The van der Waals surface area contributed by atoms with Crippen LogP contribution in [0.5, 0.6) is 0 Å². The highest BCUT2D eigenvalue weighted by Crippen LogP contribution is 2.23. The molecule has 0 radical (unpaired) electrons. The molecule has 0 aliphatic rings. The van der Waals surface area contributed by atoms with Gasteiger partial charge in [-0.15, -0.1) is 0 Å². The Bertz CT molecular complexity index is 939. The van der Waals surface area contributed by atoms with E-state index < -0.39 is 0 Å². The molecule has 6 nitrogen and oxygen atoms in total. The van der Waals surface area contributed by atoms with Crippen molar-refractivity contribution in [2.75, 3.05) is 0 Å². The molecule has 0 saturated heterocycles. The van der Waals surface area contributed by atoms with Gasteiger partial charge in [-0.1, -0.05) is 20.8 Å². The van der Waals surface area contributed by atoms with E-state index in [9.17, 15) is 4.79 Å². The van der Waals surface area contributed by atoms with Crippen LogP contribution in [-0.4, -0.2) is 24.7 Å². The minimum atomic E-state index is -0.167. The van der Waals surface area contributed by atoms with Gasteiger partial charge >= 0.3 is 0 Å². The molecule has 3 rings (SSSR count). The first-order valence-corrected chi connectivity index (χ1v) is 7.62. The smallest absolute Gasteiger partial charge is 0.252 e. The first-order chi connectivity index (χ1) is 10.7. The van der Waals surface area contributed by atoms with Crippen LogP contribution in [0.4, 0.5) is 0 Å². The minimum Gasteiger partial charge on any atom is -0.342 e. The predicted octanol–water partition coefficient (Wildman–Crippen LogP) is 2.73. The maximum Gasteiger partial charge on any atom is 0.252 e. The van der Waals surface area contributed by atoms with Crippen LogP contribution >= 0.6 is 0 Å². The molecule has 0 amide bonds. The van der Waals surface area contributed by atoms with E-state index in [2.05, 4.69) is 40.8 Å². The number of pyridine rings is 1. The quantitative estimate of drug-likeness (QED) is 0.749. The van der Waals surface area contributed by atoms with Crippen LogP contribution in [-0.2, 0) is 5.41 Å². The van der Waals surface area contributed by atoms with Gasteiger partial charge in [0.2, 0.25) is 0 Å². The molecule has 6 heteroatoms. The molecule has 3 aromatic heterocycles. The maximum atomic E-state index is 12.5. The third kappa shape index (κ3) is 2.65. The Morgan fingerprint density at radius 1 is 1.04 bits per heavy atom. The number of rotatable bonds is 1. The average Bonchev–Trinajstić information content (AvgIpc) is 2.74. The summed E-state index contributed by atoms with van der Waals surface area (Å²) in [6.45, 7) is 11.8. The second kappa shape index (κ2) is 5.01. The van der Waals surface area contributed by atoms with Gasteiger partial charge in [-0.05, 0) is 26.8 Å². The Morgan fingerprint density at radius 2 is 1.65 bits per heavy atom. The molecule has 0 aromatic carbocycles. The predicted molar refractivity (Wildman–Crippen MR) is 90.2 cm³/mol. The summed E-state index contributed by atoms with van der Waals surface area (Å²) in [6.07, 6.45) is 0.